The molecule has 1 N–H and O–H groups in total. The maximum absolute atomic E-state index is 12.2. The average Bonchev–Trinajstić information content (AvgIpc) is 2.48. The molecule has 118 valence electrons. The maximum Gasteiger partial charge on any atom is 0.387 e. The Morgan fingerprint density at radius 3 is 2.14 bits per heavy atom. The number of hydrogen-bond acceptors (Lipinski definition) is 3. The van der Waals surface area contributed by atoms with Crippen LogP contribution in [-0.2, 0) is 16.4 Å². The monoisotopic (exact) mass is 327 g/mol. The highest BCUT2D eigenvalue weighted by atomic mass is 32.2. The number of sulfonamides is 1. The Kier molecular flexibility index (Phi) is 4.97. The first-order valence-electron chi connectivity index (χ1n) is 6.57. The van der Waals surface area contributed by atoms with Crippen molar-refractivity contribution >= 4 is 15.7 Å². The summed E-state index contributed by atoms with van der Waals surface area (Å²) in [7, 11) is -3.71. The zero-order valence-corrected chi connectivity index (χ0v) is 12.6. The number of hydrogen-bond donors (Lipinski definition) is 1. The van der Waals surface area contributed by atoms with Crippen molar-refractivity contribution in [2.45, 2.75) is 24.9 Å². The number of benzene rings is 2. The van der Waals surface area contributed by atoms with Crippen molar-refractivity contribution < 1.29 is 21.9 Å². The van der Waals surface area contributed by atoms with Gasteiger partial charge < -0.3 is 4.74 Å². The first kappa shape index (κ1) is 16.2. The average molecular weight is 327 g/mol. The van der Waals surface area contributed by atoms with Crippen molar-refractivity contribution in [1.82, 2.24) is 0 Å². The Balaban J connectivity index is 2.13. The molecule has 0 saturated carbocycles. The Morgan fingerprint density at radius 2 is 1.64 bits per heavy atom. The molecule has 0 amide bonds. The van der Waals surface area contributed by atoms with E-state index in [4.69, 9.17) is 0 Å². The summed E-state index contributed by atoms with van der Waals surface area (Å²) in [4.78, 5) is 0.137. The van der Waals surface area contributed by atoms with E-state index in [1.807, 2.05) is 6.92 Å². The van der Waals surface area contributed by atoms with Crippen LogP contribution in [0.3, 0.4) is 0 Å². The molecular formula is C15H15F2NO3S. The van der Waals surface area contributed by atoms with E-state index in [1.54, 1.807) is 12.1 Å². The number of rotatable bonds is 6. The van der Waals surface area contributed by atoms with Crippen LogP contribution in [0.15, 0.2) is 53.4 Å². The summed E-state index contributed by atoms with van der Waals surface area (Å²) in [5.41, 5.74) is 1.30. The fourth-order valence-corrected chi connectivity index (χ4v) is 2.88. The van der Waals surface area contributed by atoms with E-state index >= 15 is 0 Å². The van der Waals surface area contributed by atoms with Crippen molar-refractivity contribution in [2.24, 2.45) is 0 Å². The van der Waals surface area contributed by atoms with Crippen molar-refractivity contribution in [2.75, 3.05) is 4.72 Å². The second-order valence-corrected chi connectivity index (χ2v) is 6.19. The molecule has 0 aliphatic rings. The predicted octanol–water partition coefficient (Wildman–Crippen LogP) is 3.65. The summed E-state index contributed by atoms with van der Waals surface area (Å²) in [5.74, 6) is -0.0368. The fourth-order valence-electron chi connectivity index (χ4n) is 1.82. The number of anilines is 1. The molecule has 0 bridgehead atoms. The van der Waals surface area contributed by atoms with Gasteiger partial charge in [-0.05, 0) is 48.4 Å². The number of halogens is 2. The summed E-state index contributed by atoms with van der Waals surface area (Å²) < 4.78 is 55.1. The van der Waals surface area contributed by atoms with E-state index < -0.39 is 16.6 Å². The molecule has 0 unspecified atom stereocenters. The number of aryl methyl sites for hydroxylation is 1. The van der Waals surface area contributed by atoms with Gasteiger partial charge >= 0.3 is 6.61 Å². The Morgan fingerprint density at radius 1 is 1.05 bits per heavy atom. The molecule has 2 rings (SSSR count). The summed E-state index contributed by atoms with van der Waals surface area (Å²) in [6.07, 6.45) is 0.819. The van der Waals surface area contributed by atoms with Crippen LogP contribution in [0, 0.1) is 0 Å². The molecule has 0 aliphatic heterocycles. The molecule has 2 aromatic carbocycles. The van der Waals surface area contributed by atoms with Crippen LogP contribution in [0.5, 0.6) is 5.75 Å². The lowest BCUT2D eigenvalue weighted by molar-refractivity contribution is -0.0498. The van der Waals surface area contributed by atoms with Gasteiger partial charge in [0.15, 0.2) is 0 Å². The van der Waals surface area contributed by atoms with Gasteiger partial charge in [0.2, 0.25) is 0 Å². The molecule has 0 atom stereocenters. The quantitative estimate of drug-likeness (QED) is 0.881. The zero-order valence-electron chi connectivity index (χ0n) is 11.8. The van der Waals surface area contributed by atoms with Crippen molar-refractivity contribution in [3.05, 3.63) is 54.1 Å². The van der Waals surface area contributed by atoms with E-state index in [0.717, 1.165) is 12.0 Å². The summed E-state index contributed by atoms with van der Waals surface area (Å²) in [6, 6.07) is 11.8. The minimum atomic E-state index is -3.71. The molecule has 0 saturated heterocycles. The van der Waals surface area contributed by atoms with Gasteiger partial charge in [0, 0.05) is 5.69 Å². The van der Waals surface area contributed by atoms with E-state index in [9.17, 15) is 17.2 Å². The van der Waals surface area contributed by atoms with Crippen molar-refractivity contribution in [3.63, 3.8) is 0 Å². The summed E-state index contributed by atoms with van der Waals surface area (Å²) in [6.45, 7) is -0.940. The van der Waals surface area contributed by atoms with Crippen LogP contribution in [0.2, 0.25) is 0 Å². The van der Waals surface area contributed by atoms with E-state index in [0.29, 0.717) is 0 Å². The minimum Gasteiger partial charge on any atom is -0.435 e. The van der Waals surface area contributed by atoms with Gasteiger partial charge in [-0.1, -0.05) is 19.1 Å². The molecule has 0 radical (unpaired) electrons. The highest BCUT2D eigenvalue weighted by molar-refractivity contribution is 7.92. The van der Waals surface area contributed by atoms with E-state index in [-0.39, 0.29) is 16.3 Å². The topological polar surface area (TPSA) is 55.4 Å². The Labute approximate surface area is 127 Å². The standard InChI is InChI=1S/C15H15F2NO3S/c1-2-11-3-9-14(10-4-11)22(19,20)18-12-5-7-13(8-6-12)21-15(16)17/h3-10,15,18H,2H2,1H3. The number of nitrogens with one attached hydrogen (secondary N) is 1. The molecule has 2 aromatic rings. The van der Waals surface area contributed by atoms with Gasteiger partial charge in [0.25, 0.3) is 10.0 Å². The lowest BCUT2D eigenvalue weighted by atomic mass is 10.2. The van der Waals surface area contributed by atoms with Crippen LogP contribution in [0.1, 0.15) is 12.5 Å². The van der Waals surface area contributed by atoms with Crippen LogP contribution < -0.4 is 9.46 Å². The highest BCUT2D eigenvalue weighted by Gasteiger charge is 2.14. The normalized spacial score (nSPS) is 11.5. The lowest BCUT2D eigenvalue weighted by Crippen LogP contribution is -2.13. The number of alkyl halides is 2. The lowest BCUT2D eigenvalue weighted by Gasteiger charge is -2.10. The van der Waals surface area contributed by atoms with Crippen LogP contribution in [0.25, 0.3) is 0 Å². The van der Waals surface area contributed by atoms with E-state index in [1.165, 1.54) is 36.4 Å². The third kappa shape index (κ3) is 4.17. The summed E-state index contributed by atoms with van der Waals surface area (Å²) in [5, 5.41) is 0. The summed E-state index contributed by atoms with van der Waals surface area (Å²) >= 11 is 0. The smallest absolute Gasteiger partial charge is 0.387 e. The van der Waals surface area contributed by atoms with Gasteiger partial charge in [-0.3, -0.25) is 4.72 Å². The van der Waals surface area contributed by atoms with Gasteiger partial charge in [0.05, 0.1) is 4.90 Å². The predicted molar refractivity (Wildman–Crippen MR) is 79.7 cm³/mol. The van der Waals surface area contributed by atoms with Crippen LogP contribution in [-0.4, -0.2) is 15.0 Å². The fraction of sp³-hybridized carbons (Fsp3) is 0.200. The van der Waals surface area contributed by atoms with Crippen LogP contribution in [0.4, 0.5) is 14.5 Å². The second-order valence-electron chi connectivity index (χ2n) is 4.51. The Bertz CT molecular complexity index is 713. The van der Waals surface area contributed by atoms with Crippen molar-refractivity contribution in [1.29, 1.82) is 0 Å². The zero-order chi connectivity index (χ0) is 16.2. The molecule has 0 fully saturated rings. The molecule has 0 spiro atoms. The van der Waals surface area contributed by atoms with Crippen molar-refractivity contribution in [3.8, 4) is 5.75 Å². The molecule has 0 heterocycles. The largest absolute Gasteiger partial charge is 0.435 e. The molecule has 7 heteroatoms. The van der Waals surface area contributed by atoms with Gasteiger partial charge in [-0.15, -0.1) is 0 Å². The van der Waals surface area contributed by atoms with Crippen LogP contribution >= 0.6 is 0 Å². The third-order valence-corrected chi connectivity index (χ3v) is 4.37. The molecular weight excluding hydrogens is 312 g/mol. The second kappa shape index (κ2) is 6.74. The minimum absolute atomic E-state index is 0.0368. The third-order valence-electron chi connectivity index (χ3n) is 2.97. The Hall–Kier alpha value is -2.15. The molecule has 4 nitrogen and oxygen atoms in total. The highest BCUT2D eigenvalue weighted by Crippen LogP contribution is 2.21. The molecule has 0 aromatic heterocycles. The molecule has 22 heavy (non-hydrogen) atoms. The maximum atomic E-state index is 12.2. The van der Waals surface area contributed by atoms with Gasteiger partial charge in [-0.2, -0.15) is 8.78 Å². The van der Waals surface area contributed by atoms with Gasteiger partial charge in [0.1, 0.15) is 5.75 Å². The number of ether oxygens (including phenoxy) is 1. The van der Waals surface area contributed by atoms with Gasteiger partial charge in [-0.25, -0.2) is 8.42 Å². The molecule has 0 aliphatic carbocycles. The first-order valence-corrected chi connectivity index (χ1v) is 8.05. The SMILES string of the molecule is CCc1ccc(S(=O)(=O)Nc2ccc(OC(F)F)cc2)cc1. The van der Waals surface area contributed by atoms with E-state index in [2.05, 4.69) is 9.46 Å². The first-order chi connectivity index (χ1) is 10.4.